The zero-order chi connectivity index (χ0) is 24.6. The maximum absolute atomic E-state index is 10.5. The Hall–Kier alpha value is -3.40. The molecule has 0 spiro atoms. The first-order chi connectivity index (χ1) is 17.0. The van der Waals surface area contributed by atoms with Crippen LogP contribution in [0.25, 0.3) is 11.1 Å². The number of unbranched alkanes of at least 4 members (excludes halogenated alkanes) is 1. The van der Waals surface area contributed by atoms with Crippen LogP contribution in [0.3, 0.4) is 0 Å². The molecule has 35 heavy (non-hydrogen) atoms. The maximum Gasteiger partial charge on any atom is 0.0790 e. The fourth-order valence-electron chi connectivity index (χ4n) is 4.45. The van der Waals surface area contributed by atoms with Crippen LogP contribution >= 0.6 is 0 Å². The lowest BCUT2D eigenvalue weighted by Crippen LogP contribution is -2.00. The van der Waals surface area contributed by atoms with Crippen LogP contribution in [0.4, 0.5) is 11.4 Å². The highest BCUT2D eigenvalue weighted by molar-refractivity contribution is 5.73. The number of aliphatic hydroxyl groups excluding tert-OH is 2. The van der Waals surface area contributed by atoms with Gasteiger partial charge in [0.1, 0.15) is 0 Å². The Bertz CT molecular complexity index is 1230. The molecule has 4 rings (SSSR count). The molecule has 0 unspecified atom stereocenters. The van der Waals surface area contributed by atoms with Crippen molar-refractivity contribution in [2.75, 3.05) is 5.32 Å². The van der Waals surface area contributed by atoms with Crippen molar-refractivity contribution in [2.45, 2.75) is 52.2 Å². The summed E-state index contributed by atoms with van der Waals surface area (Å²) in [6.45, 7) is 4.13. The van der Waals surface area contributed by atoms with E-state index in [1.165, 1.54) is 22.3 Å². The number of aliphatic hydroxyl groups is 2. The first-order valence-electron chi connectivity index (χ1n) is 12.4. The number of benzene rings is 4. The van der Waals surface area contributed by atoms with Gasteiger partial charge < -0.3 is 15.5 Å². The number of hydrogen-bond donors (Lipinski definition) is 3. The summed E-state index contributed by atoms with van der Waals surface area (Å²) in [6, 6.07) is 31.5. The van der Waals surface area contributed by atoms with Crippen molar-refractivity contribution in [3.63, 3.8) is 0 Å². The van der Waals surface area contributed by atoms with E-state index in [4.69, 9.17) is 0 Å². The molecule has 0 aliphatic rings. The van der Waals surface area contributed by atoms with Crippen LogP contribution in [0, 0.1) is 13.8 Å². The highest BCUT2D eigenvalue weighted by Gasteiger charge is 2.09. The second kappa shape index (κ2) is 11.8. The van der Waals surface area contributed by atoms with Crippen molar-refractivity contribution in [3.05, 3.63) is 119 Å². The van der Waals surface area contributed by atoms with Crippen LogP contribution in [0.1, 0.15) is 53.2 Å². The van der Waals surface area contributed by atoms with Gasteiger partial charge in [-0.2, -0.15) is 0 Å². The van der Waals surface area contributed by atoms with Crippen molar-refractivity contribution in [1.29, 1.82) is 0 Å². The van der Waals surface area contributed by atoms with E-state index in [2.05, 4.69) is 79.0 Å². The summed E-state index contributed by atoms with van der Waals surface area (Å²) in [6.07, 6.45) is 3.22. The Morgan fingerprint density at radius 2 is 1.46 bits per heavy atom. The SMILES string of the molecule is Cc1ccc([C@@H](O)CCCCc2ccc(Nc3ccc(C)c(-c4ccccc4)c3)cc2)cc1CO. The Labute approximate surface area is 209 Å². The molecule has 0 fully saturated rings. The van der Waals surface area contributed by atoms with Crippen molar-refractivity contribution in [3.8, 4) is 11.1 Å². The average Bonchev–Trinajstić information content (AvgIpc) is 2.89. The van der Waals surface area contributed by atoms with Crippen molar-refractivity contribution in [2.24, 2.45) is 0 Å². The Kier molecular flexibility index (Phi) is 8.36. The van der Waals surface area contributed by atoms with Crippen molar-refractivity contribution in [1.82, 2.24) is 0 Å². The van der Waals surface area contributed by atoms with Gasteiger partial charge in [0.05, 0.1) is 12.7 Å². The molecular formula is C32H35NO2. The van der Waals surface area contributed by atoms with Gasteiger partial charge in [0.2, 0.25) is 0 Å². The minimum atomic E-state index is -0.484. The average molecular weight is 466 g/mol. The van der Waals surface area contributed by atoms with Crippen LogP contribution in [0.5, 0.6) is 0 Å². The molecule has 0 radical (unpaired) electrons. The summed E-state index contributed by atoms with van der Waals surface area (Å²) in [7, 11) is 0. The summed E-state index contributed by atoms with van der Waals surface area (Å²) in [4.78, 5) is 0. The highest BCUT2D eigenvalue weighted by Crippen LogP contribution is 2.28. The van der Waals surface area contributed by atoms with Crippen LogP contribution in [-0.2, 0) is 13.0 Å². The largest absolute Gasteiger partial charge is 0.392 e. The second-order valence-corrected chi connectivity index (χ2v) is 9.32. The van der Waals surface area contributed by atoms with Crippen molar-refractivity contribution < 1.29 is 10.2 Å². The quantitative estimate of drug-likeness (QED) is 0.211. The molecule has 0 aliphatic carbocycles. The molecule has 0 aromatic heterocycles. The second-order valence-electron chi connectivity index (χ2n) is 9.32. The van der Waals surface area contributed by atoms with Gasteiger partial charge in [-0.1, -0.05) is 73.2 Å². The molecule has 3 heteroatoms. The van der Waals surface area contributed by atoms with E-state index in [9.17, 15) is 10.2 Å². The summed E-state index contributed by atoms with van der Waals surface area (Å²) in [5, 5.41) is 23.5. The smallest absolute Gasteiger partial charge is 0.0790 e. The van der Waals surface area contributed by atoms with Gasteiger partial charge in [-0.25, -0.2) is 0 Å². The third-order valence-corrected chi connectivity index (χ3v) is 6.69. The summed E-state index contributed by atoms with van der Waals surface area (Å²) >= 11 is 0. The molecular weight excluding hydrogens is 430 g/mol. The zero-order valence-corrected chi connectivity index (χ0v) is 20.7. The molecule has 0 saturated heterocycles. The molecule has 0 saturated carbocycles. The van der Waals surface area contributed by atoms with Gasteiger partial charge in [0, 0.05) is 11.4 Å². The van der Waals surface area contributed by atoms with Gasteiger partial charge in [-0.3, -0.25) is 0 Å². The fourth-order valence-corrected chi connectivity index (χ4v) is 4.45. The molecule has 0 amide bonds. The van der Waals surface area contributed by atoms with Gasteiger partial charge >= 0.3 is 0 Å². The van der Waals surface area contributed by atoms with E-state index >= 15 is 0 Å². The Balaban J connectivity index is 1.28. The fraction of sp³-hybridized carbons (Fsp3) is 0.250. The molecule has 0 aliphatic heterocycles. The minimum absolute atomic E-state index is 0.00927. The lowest BCUT2D eigenvalue weighted by atomic mass is 9.98. The third kappa shape index (κ3) is 6.60. The topological polar surface area (TPSA) is 52.5 Å². The molecule has 180 valence electrons. The monoisotopic (exact) mass is 465 g/mol. The number of hydrogen-bond acceptors (Lipinski definition) is 3. The Morgan fingerprint density at radius 1 is 0.743 bits per heavy atom. The van der Waals surface area contributed by atoms with Crippen molar-refractivity contribution >= 4 is 11.4 Å². The van der Waals surface area contributed by atoms with E-state index in [0.29, 0.717) is 0 Å². The van der Waals surface area contributed by atoms with E-state index in [0.717, 1.165) is 53.7 Å². The number of aryl methyl sites for hydroxylation is 3. The first kappa shape index (κ1) is 24.7. The van der Waals surface area contributed by atoms with E-state index in [1.807, 2.05) is 31.2 Å². The van der Waals surface area contributed by atoms with Crippen LogP contribution in [0.15, 0.2) is 91.0 Å². The lowest BCUT2D eigenvalue weighted by Gasteiger charge is -2.13. The van der Waals surface area contributed by atoms with E-state index in [-0.39, 0.29) is 6.61 Å². The van der Waals surface area contributed by atoms with Gasteiger partial charge in [0.15, 0.2) is 0 Å². The molecule has 4 aromatic rings. The van der Waals surface area contributed by atoms with Crippen LogP contribution in [0.2, 0.25) is 0 Å². The zero-order valence-electron chi connectivity index (χ0n) is 20.7. The third-order valence-electron chi connectivity index (χ3n) is 6.69. The van der Waals surface area contributed by atoms with E-state index in [1.54, 1.807) is 0 Å². The van der Waals surface area contributed by atoms with Crippen LogP contribution < -0.4 is 5.32 Å². The number of anilines is 2. The van der Waals surface area contributed by atoms with Gasteiger partial charge in [-0.15, -0.1) is 0 Å². The standard InChI is InChI=1S/C32H35NO2/c1-23-12-16-27(20-28(23)22-34)32(35)11-7-6-8-25-14-18-29(19-15-25)33-30-17-13-24(2)31(21-30)26-9-4-3-5-10-26/h3-5,9-10,12-21,32-35H,6-8,11,22H2,1-2H3/t32-/m0/s1. The molecule has 1 atom stereocenters. The summed E-state index contributed by atoms with van der Waals surface area (Å²) in [5.74, 6) is 0. The molecule has 3 N–H and O–H groups in total. The highest BCUT2D eigenvalue weighted by atomic mass is 16.3. The summed E-state index contributed by atoms with van der Waals surface area (Å²) in [5.41, 5.74) is 10.0. The predicted molar refractivity (Wildman–Crippen MR) is 146 cm³/mol. The van der Waals surface area contributed by atoms with E-state index < -0.39 is 6.10 Å². The number of rotatable bonds is 10. The minimum Gasteiger partial charge on any atom is -0.392 e. The Morgan fingerprint density at radius 3 is 2.20 bits per heavy atom. The summed E-state index contributed by atoms with van der Waals surface area (Å²) < 4.78 is 0. The molecule has 0 bridgehead atoms. The maximum atomic E-state index is 10.5. The van der Waals surface area contributed by atoms with Gasteiger partial charge in [-0.05, 0) is 96.3 Å². The lowest BCUT2D eigenvalue weighted by molar-refractivity contribution is 0.163. The van der Waals surface area contributed by atoms with Crippen LogP contribution in [-0.4, -0.2) is 10.2 Å². The van der Waals surface area contributed by atoms with Gasteiger partial charge in [0.25, 0.3) is 0 Å². The molecule has 4 aromatic carbocycles. The first-order valence-corrected chi connectivity index (χ1v) is 12.4. The number of nitrogens with one attached hydrogen (secondary N) is 1. The normalized spacial score (nSPS) is 11.9. The molecule has 0 heterocycles. The molecule has 3 nitrogen and oxygen atoms in total. The predicted octanol–water partition coefficient (Wildman–Crippen LogP) is 7.65.